The van der Waals surface area contributed by atoms with Gasteiger partial charge in [-0.05, 0) is 48.0 Å². The zero-order chi connectivity index (χ0) is 27.5. The molecular weight excluding hydrogens is 550 g/mol. The summed E-state index contributed by atoms with van der Waals surface area (Å²) in [5, 5.41) is 3.53. The average molecular weight is 567 g/mol. The molecule has 0 saturated carbocycles. The van der Waals surface area contributed by atoms with Crippen molar-refractivity contribution in [1.29, 1.82) is 0 Å². The molecule has 0 aliphatic rings. The quantitative estimate of drug-likeness (QED) is 0.190. The van der Waals surface area contributed by atoms with Gasteiger partial charge in [0, 0.05) is 5.56 Å². The molecule has 0 bridgehead atoms. The summed E-state index contributed by atoms with van der Waals surface area (Å²) in [6, 6.07) is 11.5. The molecule has 198 valence electrons. The van der Waals surface area contributed by atoms with Gasteiger partial charge in [0.25, 0.3) is 10.0 Å². The largest absolute Gasteiger partial charge is 0.416 e. The first kappa shape index (κ1) is 28.1. The maximum atomic E-state index is 12.7. The molecule has 0 spiro atoms. The Morgan fingerprint density at radius 3 is 1.76 bits per heavy atom. The summed E-state index contributed by atoms with van der Waals surface area (Å²) in [6.45, 7) is -0.453. The highest BCUT2D eigenvalue weighted by Gasteiger charge is 2.31. The summed E-state index contributed by atoms with van der Waals surface area (Å²) >= 11 is 0. The second-order valence-electron chi connectivity index (χ2n) is 7.47. The van der Waals surface area contributed by atoms with Gasteiger partial charge in [0.15, 0.2) is 0 Å². The number of halogens is 6. The minimum atomic E-state index is -4.66. The van der Waals surface area contributed by atoms with Crippen LogP contribution in [0.5, 0.6) is 5.75 Å². The third-order valence-electron chi connectivity index (χ3n) is 4.70. The second-order valence-corrected chi connectivity index (χ2v) is 10.6. The van der Waals surface area contributed by atoms with E-state index >= 15 is 0 Å². The Kier molecular flexibility index (Phi) is 7.97. The first-order valence-corrected chi connectivity index (χ1v) is 13.1. The molecule has 15 heteroatoms. The van der Waals surface area contributed by atoms with Crippen LogP contribution in [-0.4, -0.2) is 16.8 Å². The van der Waals surface area contributed by atoms with Gasteiger partial charge in [0.05, 0.1) is 23.4 Å². The zero-order valence-electron chi connectivity index (χ0n) is 18.4. The van der Waals surface area contributed by atoms with Crippen molar-refractivity contribution in [1.82, 2.24) is 0 Å². The van der Waals surface area contributed by atoms with Crippen LogP contribution in [-0.2, 0) is 44.8 Å². The minimum Gasteiger partial charge on any atom is -0.379 e. The fourth-order valence-electron chi connectivity index (χ4n) is 2.92. The highest BCUT2D eigenvalue weighted by molar-refractivity contribution is 7.89. The highest BCUT2D eigenvalue weighted by Crippen LogP contribution is 2.31. The van der Waals surface area contributed by atoms with Crippen molar-refractivity contribution >= 4 is 20.1 Å². The number of rotatable bonds is 8. The van der Waals surface area contributed by atoms with Gasteiger partial charge < -0.3 is 4.18 Å². The molecule has 0 radical (unpaired) electrons. The van der Waals surface area contributed by atoms with E-state index < -0.39 is 60.8 Å². The van der Waals surface area contributed by atoms with E-state index in [1.807, 2.05) is 0 Å². The van der Waals surface area contributed by atoms with E-state index in [0.717, 1.165) is 36.4 Å². The van der Waals surface area contributed by atoms with Gasteiger partial charge in [0.1, 0.15) is 10.6 Å². The van der Waals surface area contributed by atoms with Crippen molar-refractivity contribution in [2.24, 2.45) is 9.63 Å². The number of alkyl halides is 6. The molecule has 0 saturated heterocycles. The Bertz CT molecular complexity index is 1480. The van der Waals surface area contributed by atoms with E-state index in [-0.39, 0.29) is 16.9 Å². The van der Waals surface area contributed by atoms with E-state index in [1.165, 1.54) is 24.3 Å². The van der Waals surface area contributed by atoms with Gasteiger partial charge in [-0.1, -0.05) is 34.9 Å². The Balaban J connectivity index is 1.71. The number of nitrogens with zero attached hydrogens (tertiary/aromatic N) is 2. The summed E-state index contributed by atoms with van der Waals surface area (Å²) in [7, 11) is -8.78. The molecule has 0 aromatic heterocycles. The van der Waals surface area contributed by atoms with E-state index in [2.05, 4.69) is 9.63 Å². The maximum absolute atomic E-state index is 12.7. The van der Waals surface area contributed by atoms with Crippen molar-refractivity contribution < 1.29 is 47.4 Å². The second kappa shape index (κ2) is 10.5. The van der Waals surface area contributed by atoms with Gasteiger partial charge in [0.2, 0.25) is 0 Å². The molecule has 37 heavy (non-hydrogen) atoms. The van der Waals surface area contributed by atoms with Gasteiger partial charge >= 0.3 is 22.5 Å². The van der Waals surface area contributed by atoms with Gasteiger partial charge in [-0.2, -0.15) is 39.9 Å². The van der Waals surface area contributed by atoms with Crippen LogP contribution < -0.4 is 4.18 Å². The first-order valence-electron chi connectivity index (χ1n) is 10.0. The lowest BCUT2D eigenvalue weighted by atomic mass is 10.1. The van der Waals surface area contributed by atoms with Gasteiger partial charge in [-0.3, -0.25) is 0 Å². The highest BCUT2D eigenvalue weighted by atomic mass is 32.2. The predicted molar refractivity (Wildman–Crippen MR) is 118 cm³/mol. The Labute approximate surface area is 207 Å². The standard InChI is InChI=1S/C22H16F6N2O5S2/c23-21(24,25)17-7-5-15(6-8-17)14-36(31,32)30-29-13-16-3-1-2-4-20(16)35-37(33,34)19-11-9-18(10-12-19)22(26,27)28/h1-12H,13-14H2. The third kappa shape index (κ3) is 7.76. The summed E-state index contributed by atoms with van der Waals surface area (Å²) in [5.41, 5.74) is -1.87. The number of benzene rings is 3. The van der Waals surface area contributed by atoms with Crippen LogP contribution in [0.4, 0.5) is 26.3 Å². The molecule has 0 unspecified atom stereocenters. The monoisotopic (exact) mass is 566 g/mol. The molecule has 0 fully saturated rings. The SMILES string of the molecule is O=S(=O)(Cc1ccc(C(F)(F)F)cc1)N=NCc1ccccc1OS(=O)(=O)c1ccc(C(F)(F)F)cc1. The Hall–Kier alpha value is -3.46. The third-order valence-corrected chi connectivity index (χ3v) is 7.01. The normalized spacial score (nSPS) is 13.1. The van der Waals surface area contributed by atoms with Crippen molar-refractivity contribution in [2.45, 2.75) is 29.5 Å². The summed E-state index contributed by atoms with van der Waals surface area (Å²) in [6.07, 6.45) is -9.24. The lowest BCUT2D eigenvalue weighted by molar-refractivity contribution is -0.138. The van der Waals surface area contributed by atoms with Crippen LogP contribution in [0.2, 0.25) is 0 Å². The number of sulfonamides is 1. The zero-order valence-corrected chi connectivity index (χ0v) is 20.0. The fraction of sp³-hybridized carbons (Fsp3) is 0.182. The lowest BCUT2D eigenvalue weighted by Gasteiger charge is -2.11. The molecule has 0 aliphatic heterocycles. The van der Waals surface area contributed by atoms with Crippen LogP contribution in [0.1, 0.15) is 22.3 Å². The number of para-hydroxylation sites is 1. The van der Waals surface area contributed by atoms with Crippen molar-refractivity contribution in [2.75, 3.05) is 0 Å². The first-order chi connectivity index (χ1) is 17.1. The molecular formula is C22H16F6N2O5S2. The van der Waals surface area contributed by atoms with E-state index in [0.29, 0.717) is 12.1 Å². The van der Waals surface area contributed by atoms with E-state index in [9.17, 15) is 43.2 Å². The molecule has 3 rings (SSSR count). The fourth-order valence-corrected chi connectivity index (χ4v) is 4.78. The van der Waals surface area contributed by atoms with Crippen LogP contribution in [0, 0.1) is 0 Å². The summed E-state index contributed by atoms with van der Waals surface area (Å²) in [4.78, 5) is -0.545. The topological polar surface area (TPSA) is 102 Å². The van der Waals surface area contributed by atoms with Crippen molar-refractivity contribution in [3.8, 4) is 5.75 Å². The molecule has 0 aliphatic carbocycles. The molecule has 3 aromatic rings. The van der Waals surface area contributed by atoms with Crippen molar-refractivity contribution in [3.63, 3.8) is 0 Å². The number of hydrogen-bond acceptors (Lipinski definition) is 6. The summed E-state index contributed by atoms with van der Waals surface area (Å²) in [5.74, 6) is -0.990. The van der Waals surface area contributed by atoms with Gasteiger partial charge in [-0.25, -0.2) is 8.42 Å². The Morgan fingerprint density at radius 1 is 0.703 bits per heavy atom. The lowest BCUT2D eigenvalue weighted by Crippen LogP contribution is -2.12. The van der Waals surface area contributed by atoms with Crippen LogP contribution in [0.25, 0.3) is 0 Å². The van der Waals surface area contributed by atoms with E-state index in [4.69, 9.17) is 4.18 Å². The maximum Gasteiger partial charge on any atom is 0.416 e. The molecule has 0 amide bonds. The molecule has 0 atom stereocenters. The van der Waals surface area contributed by atoms with Crippen molar-refractivity contribution in [3.05, 3.63) is 95.1 Å². The molecule has 7 nitrogen and oxygen atoms in total. The number of hydrogen-bond donors (Lipinski definition) is 0. The predicted octanol–water partition coefficient (Wildman–Crippen LogP) is 5.97. The smallest absolute Gasteiger partial charge is 0.379 e. The van der Waals surface area contributed by atoms with Crippen LogP contribution in [0.3, 0.4) is 0 Å². The molecule has 3 aromatic carbocycles. The van der Waals surface area contributed by atoms with Crippen LogP contribution in [0.15, 0.2) is 87.3 Å². The van der Waals surface area contributed by atoms with Gasteiger partial charge in [-0.15, -0.1) is 0 Å². The minimum absolute atomic E-state index is 0.0401. The molecule has 0 N–H and O–H groups in total. The molecule has 0 heterocycles. The summed E-state index contributed by atoms with van der Waals surface area (Å²) < 4.78 is 134. The Morgan fingerprint density at radius 2 is 1.22 bits per heavy atom. The average Bonchev–Trinajstić information content (AvgIpc) is 2.79. The van der Waals surface area contributed by atoms with Crippen LogP contribution >= 0.6 is 0 Å². The van der Waals surface area contributed by atoms with E-state index in [1.54, 1.807) is 0 Å².